The summed E-state index contributed by atoms with van der Waals surface area (Å²) >= 11 is 3.48. The van der Waals surface area contributed by atoms with Gasteiger partial charge in [-0.1, -0.05) is 15.9 Å². The van der Waals surface area contributed by atoms with E-state index in [1.165, 1.54) is 0 Å². The molecule has 0 spiro atoms. The van der Waals surface area contributed by atoms with Gasteiger partial charge in [-0.3, -0.25) is 4.68 Å². The molecule has 0 unspecified atom stereocenters. The number of aryl methyl sites for hydroxylation is 2. The normalized spacial score (nSPS) is 10.5. The standard InChI is InChI=1S/C14H18BrN3O/c1-4-18-9-11(8-17-18)7-16-14-10(2)5-12(15)6-13(14)19-3/h5-6,8-9,16H,4,7H2,1-3H3. The SMILES string of the molecule is CCn1cc(CNc2c(C)cc(Br)cc2OC)cn1. The molecule has 1 N–H and O–H groups in total. The third-order valence-corrected chi connectivity index (χ3v) is 3.42. The van der Waals surface area contributed by atoms with Crippen LogP contribution in [0.15, 0.2) is 29.0 Å². The molecule has 19 heavy (non-hydrogen) atoms. The number of methoxy groups -OCH3 is 1. The summed E-state index contributed by atoms with van der Waals surface area (Å²) in [6.45, 7) is 5.76. The number of hydrogen-bond donors (Lipinski definition) is 1. The Morgan fingerprint density at radius 1 is 1.42 bits per heavy atom. The summed E-state index contributed by atoms with van der Waals surface area (Å²) in [7, 11) is 1.68. The van der Waals surface area contributed by atoms with Crippen LogP contribution in [0, 0.1) is 6.92 Å². The van der Waals surface area contributed by atoms with E-state index in [0.29, 0.717) is 0 Å². The summed E-state index contributed by atoms with van der Waals surface area (Å²) in [5.41, 5.74) is 3.33. The number of ether oxygens (including phenoxy) is 1. The van der Waals surface area contributed by atoms with Crippen LogP contribution in [-0.4, -0.2) is 16.9 Å². The molecule has 2 rings (SSSR count). The molecule has 0 aliphatic carbocycles. The highest BCUT2D eigenvalue weighted by Gasteiger charge is 2.08. The van der Waals surface area contributed by atoms with Crippen molar-refractivity contribution in [3.8, 4) is 5.75 Å². The Morgan fingerprint density at radius 2 is 2.21 bits per heavy atom. The maximum absolute atomic E-state index is 5.41. The summed E-state index contributed by atoms with van der Waals surface area (Å²) in [6, 6.07) is 4.03. The van der Waals surface area contributed by atoms with Crippen LogP contribution in [0.25, 0.3) is 0 Å². The molecule has 2 aromatic rings. The predicted molar refractivity (Wildman–Crippen MR) is 80.7 cm³/mol. The lowest BCUT2D eigenvalue weighted by Crippen LogP contribution is -2.03. The zero-order chi connectivity index (χ0) is 13.8. The van der Waals surface area contributed by atoms with Crippen LogP contribution < -0.4 is 10.1 Å². The first kappa shape index (κ1) is 13.9. The first-order chi connectivity index (χ1) is 9.13. The summed E-state index contributed by atoms with van der Waals surface area (Å²) in [6.07, 6.45) is 3.94. The van der Waals surface area contributed by atoms with Gasteiger partial charge in [-0.25, -0.2) is 0 Å². The zero-order valence-electron chi connectivity index (χ0n) is 11.4. The Hall–Kier alpha value is -1.49. The van der Waals surface area contributed by atoms with E-state index in [-0.39, 0.29) is 0 Å². The summed E-state index contributed by atoms with van der Waals surface area (Å²) in [5, 5.41) is 7.68. The summed E-state index contributed by atoms with van der Waals surface area (Å²) in [5.74, 6) is 0.842. The van der Waals surface area contributed by atoms with E-state index in [0.717, 1.165) is 40.1 Å². The van der Waals surface area contributed by atoms with Crippen LogP contribution in [0.4, 0.5) is 5.69 Å². The van der Waals surface area contributed by atoms with Crippen molar-refractivity contribution in [2.75, 3.05) is 12.4 Å². The van der Waals surface area contributed by atoms with Crippen LogP contribution in [-0.2, 0) is 13.1 Å². The van der Waals surface area contributed by atoms with Gasteiger partial charge < -0.3 is 10.1 Å². The van der Waals surface area contributed by atoms with Crippen molar-refractivity contribution in [2.24, 2.45) is 0 Å². The highest BCUT2D eigenvalue weighted by atomic mass is 79.9. The van der Waals surface area contributed by atoms with Crippen LogP contribution >= 0.6 is 15.9 Å². The van der Waals surface area contributed by atoms with Gasteiger partial charge in [0.2, 0.25) is 0 Å². The lowest BCUT2D eigenvalue weighted by Gasteiger charge is -2.14. The Kier molecular flexibility index (Phi) is 4.47. The summed E-state index contributed by atoms with van der Waals surface area (Å²) < 4.78 is 8.35. The monoisotopic (exact) mass is 323 g/mol. The molecule has 0 atom stereocenters. The molecule has 4 nitrogen and oxygen atoms in total. The molecule has 0 fully saturated rings. The lowest BCUT2D eigenvalue weighted by molar-refractivity contribution is 0.416. The molecule has 0 saturated heterocycles. The second-order valence-corrected chi connectivity index (χ2v) is 5.27. The molecule has 0 bridgehead atoms. The van der Waals surface area contributed by atoms with Crippen LogP contribution in [0.5, 0.6) is 5.75 Å². The van der Waals surface area contributed by atoms with E-state index in [1.54, 1.807) is 7.11 Å². The molecular weight excluding hydrogens is 306 g/mol. The van der Waals surface area contributed by atoms with Crippen molar-refractivity contribution in [2.45, 2.75) is 26.9 Å². The van der Waals surface area contributed by atoms with E-state index in [4.69, 9.17) is 4.74 Å². The topological polar surface area (TPSA) is 39.1 Å². The minimum atomic E-state index is 0.735. The smallest absolute Gasteiger partial charge is 0.143 e. The van der Waals surface area contributed by atoms with Crippen LogP contribution in [0.3, 0.4) is 0 Å². The molecule has 0 radical (unpaired) electrons. The third kappa shape index (κ3) is 3.29. The van der Waals surface area contributed by atoms with Gasteiger partial charge in [0.1, 0.15) is 5.75 Å². The van der Waals surface area contributed by atoms with Crippen molar-refractivity contribution in [3.63, 3.8) is 0 Å². The predicted octanol–water partition coefficient (Wildman–Crippen LogP) is 3.59. The summed E-state index contributed by atoms with van der Waals surface area (Å²) in [4.78, 5) is 0. The van der Waals surface area contributed by atoms with Crippen LogP contribution in [0.2, 0.25) is 0 Å². The number of hydrogen-bond acceptors (Lipinski definition) is 3. The number of anilines is 1. The fourth-order valence-corrected chi connectivity index (χ4v) is 2.51. The van der Waals surface area contributed by atoms with E-state index in [1.807, 2.05) is 23.1 Å². The van der Waals surface area contributed by atoms with Crippen LogP contribution in [0.1, 0.15) is 18.1 Å². The Bertz CT molecular complexity index is 566. The van der Waals surface area contributed by atoms with Gasteiger partial charge >= 0.3 is 0 Å². The maximum atomic E-state index is 5.41. The Morgan fingerprint density at radius 3 is 2.84 bits per heavy atom. The fraction of sp³-hybridized carbons (Fsp3) is 0.357. The number of aromatic nitrogens is 2. The van der Waals surface area contributed by atoms with Gasteiger partial charge in [-0.05, 0) is 31.5 Å². The lowest BCUT2D eigenvalue weighted by atomic mass is 10.2. The third-order valence-electron chi connectivity index (χ3n) is 2.96. The minimum Gasteiger partial charge on any atom is -0.495 e. The first-order valence-electron chi connectivity index (χ1n) is 6.23. The van der Waals surface area contributed by atoms with E-state index >= 15 is 0 Å². The molecule has 1 heterocycles. The van der Waals surface area contributed by atoms with Gasteiger partial charge in [0.15, 0.2) is 0 Å². The largest absolute Gasteiger partial charge is 0.495 e. The Labute approximate surface area is 121 Å². The van der Waals surface area contributed by atoms with Crippen molar-refractivity contribution in [1.82, 2.24) is 9.78 Å². The molecule has 0 saturated carbocycles. The van der Waals surface area contributed by atoms with Crippen molar-refractivity contribution in [1.29, 1.82) is 0 Å². The number of nitrogens with one attached hydrogen (secondary N) is 1. The second-order valence-electron chi connectivity index (χ2n) is 4.36. The second kappa shape index (κ2) is 6.10. The molecule has 1 aromatic heterocycles. The van der Waals surface area contributed by atoms with Gasteiger partial charge in [0.05, 0.1) is 19.0 Å². The molecule has 5 heteroatoms. The average Bonchev–Trinajstić information content (AvgIpc) is 2.84. The Balaban J connectivity index is 2.14. The first-order valence-corrected chi connectivity index (χ1v) is 7.02. The minimum absolute atomic E-state index is 0.735. The van der Waals surface area contributed by atoms with Gasteiger partial charge in [-0.15, -0.1) is 0 Å². The van der Waals surface area contributed by atoms with Gasteiger partial charge in [-0.2, -0.15) is 5.10 Å². The fourth-order valence-electron chi connectivity index (χ4n) is 1.96. The van der Waals surface area contributed by atoms with Crippen molar-refractivity contribution in [3.05, 3.63) is 40.1 Å². The molecule has 1 aromatic carbocycles. The number of benzene rings is 1. The quantitative estimate of drug-likeness (QED) is 0.913. The van der Waals surface area contributed by atoms with E-state index in [2.05, 4.69) is 46.3 Å². The molecule has 102 valence electrons. The van der Waals surface area contributed by atoms with Crippen molar-refractivity contribution >= 4 is 21.6 Å². The average molecular weight is 324 g/mol. The number of nitrogens with zero attached hydrogens (tertiary/aromatic N) is 2. The highest BCUT2D eigenvalue weighted by Crippen LogP contribution is 2.32. The highest BCUT2D eigenvalue weighted by molar-refractivity contribution is 9.10. The molecule has 0 aliphatic rings. The molecule has 0 amide bonds. The molecular formula is C14H18BrN3O. The van der Waals surface area contributed by atoms with Crippen molar-refractivity contribution < 1.29 is 4.74 Å². The number of rotatable bonds is 5. The molecule has 0 aliphatic heterocycles. The van der Waals surface area contributed by atoms with Gasteiger partial charge in [0, 0.05) is 29.3 Å². The van der Waals surface area contributed by atoms with E-state index in [9.17, 15) is 0 Å². The van der Waals surface area contributed by atoms with Gasteiger partial charge in [0.25, 0.3) is 0 Å². The van der Waals surface area contributed by atoms with E-state index < -0.39 is 0 Å². The zero-order valence-corrected chi connectivity index (χ0v) is 13.0. The maximum Gasteiger partial charge on any atom is 0.143 e. The number of halogens is 1.